The summed E-state index contributed by atoms with van der Waals surface area (Å²) in [5.74, 6) is 0.368. The van der Waals surface area contributed by atoms with Crippen molar-refractivity contribution in [3.05, 3.63) is 59.1 Å². The third-order valence-corrected chi connectivity index (χ3v) is 3.81. The average molecular weight is 326 g/mol. The van der Waals surface area contributed by atoms with Crippen LogP contribution in [0.5, 0.6) is 0 Å². The van der Waals surface area contributed by atoms with E-state index in [-0.39, 0.29) is 5.91 Å². The number of amides is 1. The Morgan fingerprint density at radius 3 is 2.96 bits per heavy atom. The van der Waals surface area contributed by atoms with E-state index in [0.29, 0.717) is 33.4 Å². The highest BCUT2D eigenvalue weighted by Crippen LogP contribution is 2.22. The predicted molar refractivity (Wildman–Crippen MR) is 90.0 cm³/mol. The summed E-state index contributed by atoms with van der Waals surface area (Å²) >= 11 is 5.96. The Labute approximate surface area is 136 Å². The second kappa shape index (κ2) is 5.14. The molecule has 4 rings (SSSR count). The van der Waals surface area contributed by atoms with Gasteiger partial charge in [-0.1, -0.05) is 11.6 Å². The van der Waals surface area contributed by atoms with Crippen LogP contribution >= 0.6 is 11.6 Å². The molecule has 0 saturated heterocycles. The molecule has 23 heavy (non-hydrogen) atoms. The second-order valence-corrected chi connectivity index (χ2v) is 5.72. The molecule has 0 radical (unpaired) electrons. The first-order valence-electron chi connectivity index (χ1n) is 7.05. The van der Waals surface area contributed by atoms with Crippen LogP contribution in [0.3, 0.4) is 0 Å². The number of carbonyl (C=O) groups is 1. The maximum absolute atomic E-state index is 12.4. The van der Waals surface area contributed by atoms with Crippen molar-refractivity contribution in [3.8, 4) is 0 Å². The van der Waals surface area contributed by atoms with Crippen molar-refractivity contribution in [2.24, 2.45) is 0 Å². The van der Waals surface area contributed by atoms with Gasteiger partial charge < -0.3 is 14.7 Å². The molecule has 0 spiro atoms. The van der Waals surface area contributed by atoms with E-state index in [2.05, 4.69) is 15.3 Å². The largest absolute Gasteiger partial charge is 0.441 e. The van der Waals surface area contributed by atoms with Crippen molar-refractivity contribution in [1.82, 2.24) is 9.97 Å². The van der Waals surface area contributed by atoms with E-state index in [1.807, 2.05) is 12.1 Å². The summed E-state index contributed by atoms with van der Waals surface area (Å²) in [6.45, 7) is 1.79. The number of benzene rings is 2. The van der Waals surface area contributed by atoms with Crippen LogP contribution in [0.25, 0.3) is 22.0 Å². The number of aromatic amines is 1. The lowest BCUT2D eigenvalue weighted by molar-refractivity contribution is 0.102. The number of halogens is 1. The van der Waals surface area contributed by atoms with Gasteiger partial charge in [0.2, 0.25) is 0 Å². The van der Waals surface area contributed by atoms with Crippen LogP contribution in [0.15, 0.2) is 46.9 Å². The molecule has 2 N–H and O–H groups in total. The minimum Gasteiger partial charge on any atom is -0.441 e. The number of nitrogens with one attached hydrogen (secondary N) is 2. The van der Waals surface area contributed by atoms with E-state index in [0.717, 1.165) is 10.9 Å². The van der Waals surface area contributed by atoms with Crippen molar-refractivity contribution in [1.29, 1.82) is 0 Å². The zero-order chi connectivity index (χ0) is 16.0. The predicted octanol–water partition coefficient (Wildman–Crippen LogP) is 4.52. The van der Waals surface area contributed by atoms with Gasteiger partial charge in [-0.2, -0.15) is 0 Å². The van der Waals surface area contributed by atoms with Crippen LogP contribution in [0.2, 0.25) is 5.02 Å². The maximum Gasteiger partial charge on any atom is 0.272 e. The number of rotatable bonds is 2. The van der Waals surface area contributed by atoms with Gasteiger partial charge in [0.25, 0.3) is 5.91 Å². The number of carbonyl (C=O) groups excluding carboxylic acids is 1. The van der Waals surface area contributed by atoms with E-state index in [1.165, 1.54) is 0 Å². The van der Waals surface area contributed by atoms with Crippen molar-refractivity contribution in [2.45, 2.75) is 6.92 Å². The van der Waals surface area contributed by atoms with E-state index < -0.39 is 0 Å². The number of anilines is 1. The van der Waals surface area contributed by atoms with Gasteiger partial charge in [0.15, 0.2) is 11.5 Å². The van der Waals surface area contributed by atoms with E-state index in [4.69, 9.17) is 16.0 Å². The van der Waals surface area contributed by atoms with Gasteiger partial charge >= 0.3 is 0 Å². The van der Waals surface area contributed by atoms with Gasteiger partial charge in [-0.3, -0.25) is 4.79 Å². The first-order chi connectivity index (χ1) is 11.1. The van der Waals surface area contributed by atoms with Crippen LogP contribution in [-0.4, -0.2) is 15.9 Å². The highest BCUT2D eigenvalue weighted by atomic mass is 35.5. The molecule has 0 fully saturated rings. The van der Waals surface area contributed by atoms with E-state index >= 15 is 0 Å². The molecule has 6 heteroatoms. The minimum absolute atomic E-state index is 0.225. The van der Waals surface area contributed by atoms with Gasteiger partial charge in [-0.15, -0.1) is 0 Å². The monoisotopic (exact) mass is 325 g/mol. The third-order valence-electron chi connectivity index (χ3n) is 3.58. The molecule has 1 amide bonds. The van der Waals surface area contributed by atoms with Crippen molar-refractivity contribution in [3.63, 3.8) is 0 Å². The first kappa shape index (κ1) is 13.8. The van der Waals surface area contributed by atoms with Crippen LogP contribution < -0.4 is 5.32 Å². The Morgan fingerprint density at radius 2 is 2.09 bits per heavy atom. The van der Waals surface area contributed by atoms with Crippen LogP contribution in [0.4, 0.5) is 5.69 Å². The molecule has 0 saturated carbocycles. The fraction of sp³-hybridized carbons (Fsp3) is 0.0588. The van der Waals surface area contributed by atoms with E-state index in [9.17, 15) is 4.79 Å². The fourth-order valence-electron chi connectivity index (χ4n) is 2.54. The van der Waals surface area contributed by atoms with Crippen molar-refractivity contribution in [2.75, 3.05) is 5.32 Å². The SMILES string of the molecule is Cc1nc2cc(NC(=O)c3cc4cc(Cl)ccc4[nH]3)ccc2o1. The number of oxazole rings is 1. The average Bonchev–Trinajstić information content (AvgIpc) is 3.08. The van der Waals surface area contributed by atoms with Gasteiger partial charge in [0.1, 0.15) is 11.2 Å². The molecular formula is C17H12ClN3O2. The zero-order valence-corrected chi connectivity index (χ0v) is 12.9. The molecular weight excluding hydrogens is 314 g/mol. The lowest BCUT2D eigenvalue weighted by Gasteiger charge is -2.02. The number of aromatic nitrogens is 2. The molecule has 0 aliphatic carbocycles. The fourth-order valence-corrected chi connectivity index (χ4v) is 2.73. The van der Waals surface area contributed by atoms with Gasteiger partial charge in [0.05, 0.1) is 0 Å². The van der Waals surface area contributed by atoms with Gasteiger partial charge in [0, 0.05) is 28.5 Å². The highest BCUT2D eigenvalue weighted by Gasteiger charge is 2.11. The number of aryl methyl sites for hydroxylation is 1. The van der Waals surface area contributed by atoms with Crippen LogP contribution in [0, 0.1) is 6.92 Å². The Balaban J connectivity index is 1.64. The van der Waals surface area contributed by atoms with Gasteiger partial charge in [-0.25, -0.2) is 4.98 Å². The molecule has 0 unspecified atom stereocenters. The number of fused-ring (bicyclic) bond motifs is 2. The topological polar surface area (TPSA) is 70.9 Å². The molecule has 2 aromatic carbocycles. The summed E-state index contributed by atoms with van der Waals surface area (Å²) in [4.78, 5) is 19.7. The third kappa shape index (κ3) is 2.55. The smallest absolute Gasteiger partial charge is 0.272 e. The summed E-state index contributed by atoms with van der Waals surface area (Å²) < 4.78 is 5.42. The van der Waals surface area contributed by atoms with Crippen molar-refractivity contribution < 1.29 is 9.21 Å². The Bertz CT molecular complexity index is 1050. The number of hydrogen-bond donors (Lipinski definition) is 2. The summed E-state index contributed by atoms with van der Waals surface area (Å²) in [6, 6.07) is 12.6. The molecule has 0 aliphatic heterocycles. The maximum atomic E-state index is 12.4. The molecule has 2 heterocycles. The van der Waals surface area contributed by atoms with Crippen molar-refractivity contribution >= 4 is 45.2 Å². The molecule has 5 nitrogen and oxygen atoms in total. The molecule has 0 bridgehead atoms. The lowest BCUT2D eigenvalue weighted by atomic mass is 10.2. The molecule has 0 atom stereocenters. The quantitative estimate of drug-likeness (QED) is 0.569. The van der Waals surface area contributed by atoms with E-state index in [1.54, 1.807) is 37.3 Å². The van der Waals surface area contributed by atoms with Crippen LogP contribution in [0.1, 0.15) is 16.4 Å². The number of hydrogen-bond acceptors (Lipinski definition) is 3. The Hall–Kier alpha value is -2.79. The summed E-state index contributed by atoms with van der Waals surface area (Å²) in [7, 11) is 0. The Kier molecular flexibility index (Phi) is 3.09. The Morgan fingerprint density at radius 1 is 1.22 bits per heavy atom. The summed E-state index contributed by atoms with van der Waals surface area (Å²) in [6.07, 6.45) is 0. The van der Waals surface area contributed by atoms with Gasteiger partial charge in [-0.05, 0) is 42.5 Å². The lowest BCUT2D eigenvalue weighted by Crippen LogP contribution is -2.12. The molecule has 2 aromatic heterocycles. The summed E-state index contributed by atoms with van der Waals surface area (Å²) in [5.41, 5.74) is 3.40. The number of nitrogens with zero attached hydrogens (tertiary/aromatic N) is 1. The normalized spacial score (nSPS) is 11.2. The number of H-pyrrole nitrogens is 1. The minimum atomic E-state index is -0.225. The molecule has 4 aromatic rings. The van der Waals surface area contributed by atoms with Crippen LogP contribution in [-0.2, 0) is 0 Å². The second-order valence-electron chi connectivity index (χ2n) is 5.28. The zero-order valence-electron chi connectivity index (χ0n) is 12.2. The first-order valence-corrected chi connectivity index (χ1v) is 7.43. The molecule has 0 aliphatic rings. The standard InChI is InChI=1S/C17H12ClN3O2/c1-9-19-14-8-12(3-5-16(14)23-9)20-17(22)15-7-10-6-11(18)2-4-13(10)21-15/h2-8,21H,1H3,(H,20,22). The summed E-state index contributed by atoms with van der Waals surface area (Å²) in [5, 5.41) is 4.38. The molecule has 114 valence electrons. The highest BCUT2D eigenvalue weighted by molar-refractivity contribution is 6.31.